The molecule has 37 heavy (non-hydrogen) atoms. The fourth-order valence-electron chi connectivity index (χ4n) is 3.87. The number of aromatic nitrogens is 1. The molecule has 0 saturated carbocycles. The smallest absolute Gasteiger partial charge is 0.257 e. The third-order valence-electron chi connectivity index (χ3n) is 6.06. The quantitative estimate of drug-likeness (QED) is 0.413. The van der Waals surface area contributed by atoms with Gasteiger partial charge in [0.05, 0.1) is 18.4 Å². The van der Waals surface area contributed by atoms with E-state index in [1.807, 2.05) is 71.2 Å². The molecule has 1 aliphatic rings. The molecule has 1 aromatic heterocycles. The number of rotatable bonds is 7. The van der Waals surface area contributed by atoms with Gasteiger partial charge in [-0.1, -0.05) is 45.9 Å². The first-order valence-corrected chi connectivity index (χ1v) is 12.7. The number of nitrogens with zero attached hydrogens (tertiary/aromatic N) is 2. The Kier molecular flexibility index (Phi) is 10.7. The average molecular weight is 504 g/mol. The molecule has 0 aliphatic heterocycles. The van der Waals surface area contributed by atoms with Gasteiger partial charge in [0, 0.05) is 38.5 Å². The van der Waals surface area contributed by atoms with Crippen molar-refractivity contribution in [3.8, 4) is 16.9 Å². The number of hydrogen-bond acceptors (Lipinski definition) is 5. The lowest BCUT2D eigenvalue weighted by Gasteiger charge is -2.18. The molecule has 6 nitrogen and oxygen atoms in total. The fourth-order valence-corrected chi connectivity index (χ4v) is 3.87. The van der Waals surface area contributed by atoms with Crippen LogP contribution in [0.4, 0.5) is 5.82 Å². The topological polar surface area (TPSA) is 74.7 Å². The summed E-state index contributed by atoms with van der Waals surface area (Å²) in [6.45, 7) is 12.1. The summed E-state index contributed by atoms with van der Waals surface area (Å²) in [5.41, 5.74) is 5.99. The number of allylic oxidation sites excluding steroid dienone is 6. The zero-order valence-corrected chi connectivity index (χ0v) is 23.6. The van der Waals surface area contributed by atoms with Crippen molar-refractivity contribution < 1.29 is 14.6 Å². The number of hydrogen-bond donors (Lipinski definition) is 2. The summed E-state index contributed by atoms with van der Waals surface area (Å²) in [6.07, 6.45) is 12.5. The Bertz CT molecular complexity index is 1230. The van der Waals surface area contributed by atoms with Crippen LogP contribution in [0.15, 0.2) is 71.8 Å². The number of benzene rings is 1. The zero-order valence-electron chi connectivity index (χ0n) is 23.6. The van der Waals surface area contributed by atoms with E-state index in [1.165, 1.54) is 4.90 Å². The zero-order chi connectivity index (χ0) is 27.7. The van der Waals surface area contributed by atoms with Gasteiger partial charge >= 0.3 is 0 Å². The number of phenols is 1. The molecule has 6 heteroatoms. The molecule has 1 aliphatic carbocycles. The van der Waals surface area contributed by atoms with Gasteiger partial charge < -0.3 is 20.1 Å². The number of aryl methyl sites for hydroxylation is 1. The van der Waals surface area contributed by atoms with Crippen LogP contribution in [-0.4, -0.2) is 42.1 Å². The first-order chi connectivity index (χ1) is 17.6. The largest absolute Gasteiger partial charge is 0.507 e. The molecule has 198 valence electrons. The van der Waals surface area contributed by atoms with E-state index in [1.54, 1.807) is 33.5 Å². The van der Waals surface area contributed by atoms with E-state index in [4.69, 9.17) is 4.74 Å². The number of methoxy groups -OCH3 is 1. The molecule has 0 saturated heterocycles. The highest BCUT2D eigenvalue weighted by molar-refractivity contribution is 5.98. The van der Waals surface area contributed by atoms with E-state index >= 15 is 0 Å². The molecule has 2 aromatic rings. The molecular weight excluding hydrogens is 462 g/mol. The molecular formula is C31H41N3O3. The van der Waals surface area contributed by atoms with Gasteiger partial charge in [0.25, 0.3) is 5.91 Å². The van der Waals surface area contributed by atoms with Gasteiger partial charge in [-0.2, -0.15) is 0 Å². The van der Waals surface area contributed by atoms with Crippen LogP contribution in [0.5, 0.6) is 5.75 Å². The molecule has 0 atom stereocenters. The molecule has 1 aromatic carbocycles. The third kappa shape index (κ3) is 7.35. The highest BCUT2D eigenvalue weighted by atomic mass is 16.5. The molecule has 1 amide bonds. The summed E-state index contributed by atoms with van der Waals surface area (Å²) in [6, 6.07) is 5.72. The predicted molar refractivity (Wildman–Crippen MR) is 154 cm³/mol. The summed E-state index contributed by atoms with van der Waals surface area (Å²) in [5, 5.41) is 14.1. The van der Waals surface area contributed by atoms with Crippen LogP contribution in [0.2, 0.25) is 0 Å². The van der Waals surface area contributed by atoms with Gasteiger partial charge in [-0.3, -0.25) is 4.79 Å². The van der Waals surface area contributed by atoms with Crippen LogP contribution >= 0.6 is 0 Å². The number of nitrogens with one attached hydrogen (secondary N) is 1. The number of carbonyl (C=O) groups excluding carboxylic acids is 1. The monoisotopic (exact) mass is 503 g/mol. The minimum Gasteiger partial charge on any atom is -0.507 e. The lowest BCUT2D eigenvalue weighted by Crippen LogP contribution is -2.22. The van der Waals surface area contributed by atoms with Gasteiger partial charge in [-0.25, -0.2) is 4.98 Å². The van der Waals surface area contributed by atoms with E-state index in [0.29, 0.717) is 5.56 Å². The maximum Gasteiger partial charge on any atom is 0.257 e. The predicted octanol–water partition coefficient (Wildman–Crippen LogP) is 7.35. The van der Waals surface area contributed by atoms with Crippen LogP contribution in [0.1, 0.15) is 68.4 Å². The Labute approximate surface area is 222 Å². The van der Waals surface area contributed by atoms with Crippen molar-refractivity contribution in [2.75, 3.05) is 26.5 Å². The maximum absolute atomic E-state index is 12.7. The second kappa shape index (κ2) is 13.5. The van der Waals surface area contributed by atoms with Crippen molar-refractivity contribution in [3.05, 3.63) is 88.5 Å². The van der Waals surface area contributed by atoms with E-state index < -0.39 is 0 Å². The molecule has 0 bridgehead atoms. The van der Waals surface area contributed by atoms with Crippen molar-refractivity contribution in [3.63, 3.8) is 0 Å². The number of ether oxygens (including phenoxy) is 1. The number of phenolic OH excluding ortho intramolecular Hbond substituents is 1. The second-order valence-electron chi connectivity index (χ2n) is 9.27. The number of aromatic hydroxyl groups is 1. The number of anilines is 1. The standard InChI is InChI=1S/C29H35N3O3.C2H6/c1-18(2)25-14-22(15-26(27(25)33)29(34)32(5)6)23-12-19(3)28(31-17-23)30-16-20(4)21-10-8-9-11-24(13-21)35-7;1-2/h8-12,14-18,33H,13H2,1-7H3,(H,30,31);1-2H3/b20-16+;. The molecule has 3 rings (SSSR count). The summed E-state index contributed by atoms with van der Waals surface area (Å²) < 4.78 is 5.42. The van der Waals surface area contributed by atoms with Crippen LogP contribution in [0, 0.1) is 6.92 Å². The van der Waals surface area contributed by atoms with Gasteiger partial charge in [0.2, 0.25) is 0 Å². The Morgan fingerprint density at radius 1 is 1.14 bits per heavy atom. The van der Waals surface area contributed by atoms with Crippen molar-refractivity contribution >= 4 is 11.7 Å². The number of carbonyl (C=O) groups is 1. The van der Waals surface area contributed by atoms with Crippen molar-refractivity contribution in [2.24, 2.45) is 0 Å². The molecule has 0 radical (unpaired) electrons. The summed E-state index contributed by atoms with van der Waals surface area (Å²) in [5.74, 6) is 1.54. The lowest BCUT2D eigenvalue weighted by atomic mass is 9.93. The van der Waals surface area contributed by atoms with Crippen LogP contribution < -0.4 is 5.32 Å². The van der Waals surface area contributed by atoms with Gasteiger partial charge in [0.15, 0.2) is 0 Å². The Morgan fingerprint density at radius 3 is 2.41 bits per heavy atom. The second-order valence-corrected chi connectivity index (χ2v) is 9.27. The Hall–Kier alpha value is -3.80. The van der Waals surface area contributed by atoms with E-state index in [0.717, 1.165) is 51.4 Å². The molecule has 2 N–H and O–H groups in total. The van der Waals surface area contributed by atoms with Gasteiger partial charge in [-0.05, 0) is 71.9 Å². The summed E-state index contributed by atoms with van der Waals surface area (Å²) in [7, 11) is 5.05. The molecule has 0 fully saturated rings. The van der Waals surface area contributed by atoms with E-state index in [9.17, 15) is 9.90 Å². The Morgan fingerprint density at radius 2 is 1.81 bits per heavy atom. The normalized spacial score (nSPS) is 13.2. The van der Waals surface area contributed by atoms with Crippen LogP contribution in [0.25, 0.3) is 11.1 Å². The van der Waals surface area contributed by atoms with Gasteiger partial charge in [-0.15, -0.1) is 0 Å². The van der Waals surface area contributed by atoms with Crippen molar-refractivity contribution in [1.82, 2.24) is 9.88 Å². The molecule has 1 heterocycles. The van der Waals surface area contributed by atoms with E-state index in [-0.39, 0.29) is 17.6 Å². The van der Waals surface area contributed by atoms with Crippen LogP contribution in [0.3, 0.4) is 0 Å². The summed E-state index contributed by atoms with van der Waals surface area (Å²) >= 11 is 0. The maximum atomic E-state index is 12.7. The Balaban J connectivity index is 0.00000235. The SMILES string of the molecule is CC.COC1=CC=CC=C(/C(C)=C/Nc2ncc(-c3cc(C(=O)N(C)C)c(O)c(C(C)C)c3)cc2C)C1. The first-order valence-electron chi connectivity index (χ1n) is 12.7. The number of amides is 1. The van der Waals surface area contributed by atoms with Crippen molar-refractivity contribution in [2.45, 2.75) is 53.9 Å². The highest BCUT2D eigenvalue weighted by Gasteiger charge is 2.20. The van der Waals surface area contributed by atoms with Crippen LogP contribution in [-0.2, 0) is 4.74 Å². The minimum atomic E-state index is -0.232. The van der Waals surface area contributed by atoms with Crippen molar-refractivity contribution in [1.29, 1.82) is 0 Å². The third-order valence-corrected chi connectivity index (χ3v) is 6.06. The minimum absolute atomic E-state index is 0.0418. The lowest BCUT2D eigenvalue weighted by molar-refractivity contribution is 0.0824. The fraction of sp³-hybridized carbons (Fsp3) is 0.355. The summed E-state index contributed by atoms with van der Waals surface area (Å²) in [4.78, 5) is 18.8. The van der Waals surface area contributed by atoms with E-state index in [2.05, 4.69) is 23.3 Å². The highest BCUT2D eigenvalue weighted by Crippen LogP contribution is 2.35. The number of pyridine rings is 1. The average Bonchev–Trinajstić information content (AvgIpc) is 3.14. The molecule has 0 spiro atoms. The first kappa shape index (κ1) is 29.4. The molecule has 0 unspecified atom stereocenters. The van der Waals surface area contributed by atoms with Gasteiger partial charge in [0.1, 0.15) is 11.6 Å².